The van der Waals surface area contributed by atoms with E-state index in [0.717, 1.165) is 0 Å². The highest BCUT2D eigenvalue weighted by molar-refractivity contribution is 9.10. The van der Waals surface area contributed by atoms with Gasteiger partial charge >= 0.3 is 5.69 Å². The van der Waals surface area contributed by atoms with Crippen molar-refractivity contribution in [3.8, 4) is 11.5 Å². The molecule has 0 atom stereocenters. The lowest BCUT2D eigenvalue weighted by Gasteiger charge is -2.09. The van der Waals surface area contributed by atoms with Crippen LogP contribution in [0, 0.1) is 10.1 Å². The number of carbonyl (C=O) groups excluding carboxylic acids is 1. The van der Waals surface area contributed by atoms with Gasteiger partial charge in [-0.15, -0.1) is 0 Å². The average Bonchev–Trinajstić information content (AvgIpc) is 2.42. The molecule has 7 heteroatoms. The number of hydrogen-bond donors (Lipinski definition) is 0. The molecule has 2 aromatic rings. The first-order valence-electron chi connectivity index (χ1n) is 5.38. The second-order valence-corrected chi connectivity index (χ2v) is 5.07. The first-order chi connectivity index (χ1) is 9.51. The van der Waals surface area contributed by atoms with Crippen LogP contribution in [0.2, 0.25) is 5.02 Å². The maximum absolute atomic E-state index is 11.0. The summed E-state index contributed by atoms with van der Waals surface area (Å²) in [6, 6.07) is 8.70. The van der Waals surface area contributed by atoms with Gasteiger partial charge in [0, 0.05) is 22.7 Å². The fraction of sp³-hybridized carbons (Fsp3) is 0. The van der Waals surface area contributed by atoms with Crippen LogP contribution in [0.3, 0.4) is 0 Å². The molecule has 102 valence electrons. The van der Waals surface area contributed by atoms with Crippen molar-refractivity contribution in [1.29, 1.82) is 0 Å². The molecule has 20 heavy (non-hydrogen) atoms. The third-order valence-corrected chi connectivity index (χ3v) is 3.32. The van der Waals surface area contributed by atoms with E-state index < -0.39 is 4.92 Å². The van der Waals surface area contributed by atoms with Gasteiger partial charge in [0.05, 0.1) is 9.40 Å². The van der Waals surface area contributed by atoms with Crippen molar-refractivity contribution in [2.45, 2.75) is 0 Å². The van der Waals surface area contributed by atoms with E-state index in [2.05, 4.69) is 15.9 Å². The molecule has 2 rings (SSSR count). The zero-order chi connectivity index (χ0) is 14.7. The van der Waals surface area contributed by atoms with E-state index in [-0.39, 0.29) is 17.0 Å². The van der Waals surface area contributed by atoms with E-state index in [0.29, 0.717) is 21.5 Å². The van der Waals surface area contributed by atoms with Crippen molar-refractivity contribution in [1.82, 2.24) is 0 Å². The van der Waals surface area contributed by atoms with Gasteiger partial charge in [0.2, 0.25) is 5.75 Å². The summed E-state index contributed by atoms with van der Waals surface area (Å²) in [6.45, 7) is 0. The molecule has 0 radical (unpaired) electrons. The fourth-order valence-corrected chi connectivity index (χ4v) is 2.00. The first kappa shape index (κ1) is 14.5. The number of aldehydes is 1. The van der Waals surface area contributed by atoms with Gasteiger partial charge in [-0.05, 0) is 40.2 Å². The predicted octanol–water partition coefficient (Wildman–Crippen LogP) is 4.62. The Morgan fingerprint density at radius 2 is 1.95 bits per heavy atom. The van der Waals surface area contributed by atoms with Gasteiger partial charge in [0.1, 0.15) is 12.0 Å². The van der Waals surface area contributed by atoms with E-state index in [4.69, 9.17) is 16.3 Å². The summed E-state index contributed by atoms with van der Waals surface area (Å²) in [5, 5.41) is 11.4. The minimum Gasteiger partial charge on any atom is -0.449 e. The quantitative estimate of drug-likeness (QED) is 0.455. The summed E-state index contributed by atoms with van der Waals surface area (Å²) in [6.07, 6.45) is 0.587. The number of hydrogen-bond acceptors (Lipinski definition) is 4. The highest BCUT2D eigenvalue weighted by Crippen LogP contribution is 2.36. The van der Waals surface area contributed by atoms with Crippen LogP contribution >= 0.6 is 27.5 Å². The van der Waals surface area contributed by atoms with Crippen molar-refractivity contribution in [3.63, 3.8) is 0 Å². The molecular weight excluding hydrogens is 350 g/mol. The number of carbonyl (C=O) groups is 1. The second-order valence-electron chi connectivity index (χ2n) is 3.78. The van der Waals surface area contributed by atoms with Crippen molar-refractivity contribution in [2.75, 3.05) is 0 Å². The molecule has 5 nitrogen and oxygen atoms in total. The van der Waals surface area contributed by atoms with Crippen LogP contribution in [0.1, 0.15) is 10.4 Å². The number of rotatable bonds is 4. The van der Waals surface area contributed by atoms with Crippen LogP contribution in [0.5, 0.6) is 11.5 Å². The maximum Gasteiger partial charge on any atom is 0.311 e. The van der Waals surface area contributed by atoms with Crippen LogP contribution in [-0.4, -0.2) is 11.2 Å². The lowest BCUT2D eigenvalue weighted by Crippen LogP contribution is -1.95. The number of halogens is 2. The monoisotopic (exact) mass is 355 g/mol. The van der Waals surface area contributed by atoms with Crippen molar-refractivity contribution >= 4 is 39.5 Å². The summed E-state index contributed by atoms with van der Waals surface area (Å²) in [4.78, 5) is 21.1. The zero-order valence-corrected chi connectivity index (χ0v) is 12.2. The van der Waals surface area contributed by atoms with E-state index >= 15 is 0 Å². The Kier molecular flexibility index (Phi) is 4.36. The van der Waals surface area contributed by atoms with Crippen molar-refractivity contribution in [2.24, 2.45) is 0 Å². The van der Waals surface area contributed by atoms with Crippen LogP contribution in [-0.2, 0) is 0 Å². The molecule has 0 heterocycles. The van der Waals surface area contributed by atoms with Crippen LogP contribution in [0.15, 0.2) is 40.9 Å². The van der Waals surface area contributed by atoms with Gasteiger partial charge in [0.15, 0.2) is 0 Å². The van der Waals surface area contributed by atoms with Crippen LogP contribution < -0.4 is 4.74 Å². The number of benzene rings is 2. The fourth-order valence-electron chi connectivity index (χ4n) is 1.51. The molecule has 0 amide bonds. The molecule has 0 bridgehead atoms. The van der Waals surface area contributed by atoms with Gasteiger partial charge in [-0.3, -0.25) is 14.9 Å². The van der Waals surface area contributed by atoms with Gasteiger partial charge in [-0.25, -0.2) is 0 Å². The molecule has 0 saturated carbocycles. The zero-order valence-electron chi connectivity index (χ0n) is 9.88. The first-order valence-corrected chi connectivity index (χ1v) is 6.55. The molecule has 0 aliphatic carbocycles. The number of nitro benzene ring substituents is 1. The predicted molar refractivity (Wildman–Crippen MR) is 77.7 cm³/mol. The summed E-state index contributed by atoms with van der Waals surface area (Å²) in [5.74, 6) is 0.297. The molecular formula is C13H7BrClNO4. The van der Waals surface area contributed by atoms with Crippen LogP contribution in [0.25, 0.3) is 0 Å². The van der Waals surface area contributed by atoms with E-state index in [9.17, 15) is 14.9 Å². The minimum absolute atomic E-state index is 0.0254. The summed E-state index contributed by atoms with van der Waals surface area (Å²) in [7, 11) is 0. The molecule has 0 aliphatic heterocycles. The highest BCUT2D eigenvalue weighted by Gasteiger charge is 2.17. The molecule has 0 aromatic heterocycles. The molecule has 0 aliphatic rings. The maximum atomic E-state index is 11.0. The van der Waals surface area contributed by atoms with E-state index in [1.54, 1.807) is 12.1 Å². The van der Waals surface area contributed by atoms with Gasteiger partial charge < -0.3 is 4.74 Å². The lowest BCUT2D eigenvalue weighted by molar-refractivity contribution is -0.385. The molecule has 2 aromatic carbocycles. The largest absolute Gasteiger partial charge is 0.449 e. The Labute approximate surface area is 127 Å². The molecule has 0 unspecified atom stereocenters. The van der Waals surface area contributed by atoms with E-state index in [1.807, 2.05) is 0 Å². The SMILES string of the molecule is O=Cc1ccc([N+](=O)[O-])c(Oc2cc(Cl)ccc2Br)c1. The average molecular weight is 357 g/mol. The second kappa shape index (κ2) is 6.02. The van der Waals surface area contributed by atoms with Crippen molar-refractivity contribution in [3.05, 3.63) is 61.6 Å². The number of nitro groups is 1. The van der Waals surface area contributed by atoms with Gasteiger partial charge in [-0.1, -0.05) is 11.6 Å². The minimum atomic E-state index is -0.581. The highest BCUT2D eigenvalue weighted by atomic mass is 79.9. The van der Waals surface area contributed by atoms with E-state index in [1.165, 1.54) is 24.3 Å². The Morgan fingerprint density at radius 1 is 1.20 bits per heavy atom. The van der Waals surface area contributed by atoms with Gasteiger partial charge in [0.25, 0.3) is 0 Å². The molecule has 0 saturated heterocycles. The summed E-state index contributed by atoms with van der Waals surface area (Å²) < 4.78 is 6.08. The standard InChI is InChI=1S/C13H7BrClNO4/c14-10-3-2-9(15)6-12(10)20-13-5-8(7-17)1-4-11(13)16(18)19/h1-7H. The number of nitrogens with zero attached hydrogens (tertiary/aromatic N) is 1. The Bertz CT molecular complexity index is 690. The Hall–Kier alpha value is -1.92. The summed E-state index contributed by atoms with van der Waals surface area (Å²) >= 11 is 9.12. The third kappa shape index (κ3) is 3.15. The topological polar surface area (TPSA) is 69.4 Å². The molecule has 0 N–H and O–H groups in total. The molecule has 0 fully saturated rings. The summed E-state index contributed by atoms with van der Waals surface area (Å²) in [5.41, 5.74) is 0.0474. The van der Waals surface area contributed by atoms with Crippen molar-refractivity contribution < 1.29 is 14.5 Å². The normalized spacial score (nSPS) is 10.1. The number of ether oxygens (including phenoxy) is 1. The van der Waals surface area contributed by atoms with Gasteiger partial charge in [-0.2, -0.15) is 0 Å². The lowest BCUT2D eigenvalue weighted by atomic mass is 10.2. The Morgan fingerprint density at radius 3 is 2.60 bits per heavy atom. The third-order valence-electron chi connectivity index (χ3n) is 2.43. The van der Waals surface area contributed by atoms with Crippen LogP contribution in [0.4, 0.5) is 5.69 Å². The molecule has 0 spiro atoms. The smallest absolute Gasteiger partial charge is 0.311 e. The Balaban J connectivity index is 2.48.